The van der Waals surface area contributed by atoms with Gasteiger partial charge in [-0.05, 0) is 13.0 Å². The van der Waals surface area contributed by atoms with E-state index in [2.05, 4.69) is 9.89 Å². The summed E-state index contributed by atoms with van der Waals surface area (Å²) < 4.78 is 35.0. The molecular formula is C19H26FN3O6. The van der Waals surface area contributed by atoms with Crippen LogP contribution >= 0.6 is 0 Å². The van der Waals surface area contributed by atoms with Crippen LogP contribution in [0.2, 0.25) is 0 Å². The fourth-order valence-electron chi connectivity index (χ4n) is 3.07. The molecule has 1 fully saturated rings. The summed E-state index contributed by atoms with van der Waals surface area (Å²) in [5.41, 5.74) is 0.245. The van der Waals surface area contributed by atoms with Gasteiger partial charge in [0, 0.05) is 40.0 Å². The van der Waals surface area contributed by atoms with Gasteiger partial charge in [-0.25, -0.2) is 4.39 Å². The van der Waals surface area contributed by atoms with Crippen LogP contribution in [0.5, 0.6) is 0 Å². The molecule has 0 saturated carbocycles. The molecule has 1 unspecified atom stereocenters. The molecular weight excluding hydrogens is 385 g/mol. The molecule has 10 heteroatoms. The van der Waals surface area contributed by atoms with Crippen molar-refractivity contribution in [3.63, 3.8) is 0 Å². The Balaban J connectivity index is 0.000000941. The Morgan fingerprint density at radius 1 is 1.38 bits per heavy atom. The number of aldehydes is 1. The molecule has 160 valence electrons. The summed E-state index contributed by atoms with van der Waals surface area (Å²) in [5.74, 6) is -0.522. The van der Waals surface area contributed by atoms with Gasteiger partial charge in [0.1, 0.15) is 0 Å². The quantitative estimate of drug-likeness (QED) is 0.638. The number of halogens is 1. The Kier molecular flexibility index (Phi) is 8.50. The number of fused-ring (bicyclic) bond motifs is 1. The topological polar surface area (TPSA) is 94.3 Å². The molecule has 0 spiro atoms. The maximum Gasteiger partial charge on any atom is 0.215 e. The molecule has 3 rings (SSSR count). The van der Waals surface area contributed by atoms with Crippen LogP contribution in [-0.2, 0) is 19.0 Å². The number of aromatic nitrogens is 1. The molecule has 2 heterocycles. The fourth-order valence-corrected chi connectivity index (χ4v) is 3.07. The number of morpholine rings is 1. The predicted molar refractivity (Wildman–Crippen MR) is 105 cm³/mol. The summed E-state index contributed by atoms with van der Waals surface area (Å²) in [5, 5.41) is 4.08. The minimum atomic E-state index is -0.671. The minimum absolute atomic E-state index is 0.0803. The SMILES string of the molecule is COC.COCCN(C=O)c1noc2c(F)c(N3CCOC(C)C3)c(C=O)cc12. The molecule has 1 aromatic carbocycles. The van der Waals surface area contributed by atoms with Crippen LogP contribution in [-0.4, -0.2) is 78.1 Å². The minimum Gasteiger partial charge on any atom is -0.388 e. The largest absolute Gasteiger partial charge is 0.388 e. The zero-order valence-corrected chi connectivity index (χ0v) is 17.0. The highest BCUT2D eigenvalue weighted by atomic mass is 19.1. The van der Waals surface area contributed by atoms with Gasteiger partial charge >= 0.3 is 0 Å². The van der Waals surface area contributed by atoms with E-state index in [0.29, 0.717) is 32.4 Å². The van der Waals surface area contributed by atoms with E-state index in [1.54, 1.807) is 19.1 Å². The van der Waals surface area contributed by atoms with Gasteiger partial charge in [-0.2, -0.15) is 0 Å². The molecule has 1 saturated heterocycles. The highest BCUT2D eigenvalue weighted by Gasteiger charge is 2.28. The number of nitrogens with zero attached hydrogens (tertiary/aromatic N) is 3. The van der Waals surface area contributed by atoms with Crippen molar-refractivity contribution in [2.24, 2.45) is 0 Å². The van der Waals surface area contributed by atoms with Crippen LogP contribution in [0, 0.1) is 5.82 Å². The number of ether oxygens (including phenoxy) is 3. The second-order valence-corrected chi connectivity index (χ2v) is 6.46. The van der Waals surface area contributed by atoms with Gasteiger partial charge in [-0.1, -0.05) is 5.16 Å². The van der Waals surface area contributed by atoms with Gasteiger partial charge < -0.3 is 23.6 Å². The summed E-state index contributed by atoms with van der Waals surface area (Å²) in [7, 11) is 4.75. The molecule has 1 atom stereocenters. The molecule has 29 heavy (non-hydrogen) atoms. The average Bonchev–Trinajstić information content (AvgIpc) is 3.13. The molecule has 1 aliphatic rings. The number of carbonyl (C=O) groups excluding carboxylic acids is 2. The summed E-state index contributed by atoms with van der Waals surface area (Å²) in [6, 6.07) is 1.50. The molecule has 9 nitrogen and oxygen atoms in total. The van der Waals surface area contributed by atoms with Gasteiger partial charge in [0.15, 0.2) is 17.9 Å². The maximum atomic E-state index is 15.2. The average molecular weight is 411 g/mol. The standard InChI is InChI=1S/C17H20FN3O5.C2H6O/c1-11-8-20(4-6-25-11)15-12(9-22)7-13-16(14(15)18)26-19-17(13)21(10-23)3-5-24-2;1-3-2/h7,9-11H,3-6,8H2,1-2H3;1-2H3. The molecule has 0 aliphatic carbocycles. The first kappa shape index (κ1) is 22.7. The number of rotatable bonds is 7. The molecule has 1 aromatic heterocycles. The molecule has 0 bridgehead atoms. The number of benzene rings is 1. The summed E-state index contributed by atoms with van der Waals surface area (Å²) in [4.78, 5) is 26.0. The van der Waals surface area contributed by atoms with E-state index < -0.39 is 5.82 Å². The van der Waals surface area contributed by atoms with Crippen LogP contribution in [0.15, 0.2) is 10.6 Å². The highest BCUT2D eigenvalue weighted by molar-refractivity contribution is 6.01. The number of anilines is 2. The second kappa shape index (κ2) is 10.8. The van der Waals surface area contributed by atoms with Gasteiger partial charge in [0.2, 0.25) is 12.0 Å². The second-order valence-electron chi connectivity index (χ2n) is 6.46. The van der Waals surface area contributed by atoms with E-state index in [1.807, 2.05) is 6.92 Å². The van der Waals surface area contributed by atoms with Crippen molar-refractivity contribution in [1.82, 2.24) is 5.16 Å². The molecule has 1 aliphatic heterocycles. The van der Waals surface area contributed by atoms with E-state index >= 15 is 4.39 Å². The maximum absolute atomic E-state index is 15.2. The molecule has 2 aromatic rings. The molecule has 0 N–H and O–H groups in total. The third-order valence-corrected chi connectivity index (χ3v) is 4.31. The van der Waals surface area contributed by atoms with Crippen LogP contribution < -0.4 is 9.80 Å². The van der Waals surface area contributed by atoms with Gasteiger partial charge in [0.05, 0.1) is 36.9 Å². The number of amides is 1. The Morgan fingerprint density at radius 3 is 2.69 bits per heavy atom. The van der Waals surface area contributed by atoms with Gasteiger partial charge in [-0.3, -0.25) is 14.5 Å². The van der Waals surface area contributed by atoms with Crippen LogP contribution in [0.1, 0.15) is 17.3 Å². The lowest BCUT2D eigenvalue weighted by Gasteiger charge is -2.33. The van der Waals surface area contributed by atoms with Crippen molar-refractivity contribution in [3.05, 3.63) is 17.4 Å². The smallest absolute Gasteiger partial charge is 0.215 e. The Hall–Kier alpha value is -2.56. The van der Waals surface area contributed by atoms with E-state index in [0.717, 1.165) is 0 Å². The summed E-state index contributed by atoms with van der Waals surface area (Å²) >= 11 is 0. The third-order valence-electron chi connectivity index (χ3n) is 4.31. The van der Waals surface area contributed by atoms with Crippen molar-refractivity contribution < 1.29 is 32.7 Å². The first-order chi connectivity index (χ1) is 14.0. The van der Waals surface area contributed by atoms with Crippen LogP contribution in [0.25, 0.3) is 11.0 Å². The normalized spacial score (nSPS) is 16.3. The number of carbonyl (C=O) groups is 2. The lowest BCUT2D eigenvalue weighted by Crippen LogP contribution is -2.42. The molecule has 0 radical (unpaired) electrons. The van der Waals surface area contributed by atoms with Crippen molar-refractivity contribution in [2.45, 2.75) is 13.0 Å². The van der Waals surface area contributed by atoms with Crippen molar-refractivity contribution >= 4 is 35.2 Å². The van der Waals surface area contributed by atoms with Crippen molar-refractivity contribution in [2.75, 3.05) is 64.0 Å². The summed E-state index contributed by atoms with van der Waals surface area (Å²) in [6.45, 7) is 3.74. The number of hydrogen-bond donors (Lipinski definition) is 0. The van der Waals surface area contributed by atoms with Crippen molar-refractivity contribution in [1.29, 1.82) is 0 Å². The summed E-state index contributed by atoms with van der Waals surface area (Å²) in [6.07, 6.45) is 1.07. The Bertz CT molecular complexity index is 828. The zero-order chi connectivity index (χ0) is 21.4. The Labute approximate surface area is 168 Å². The van der Waals surface area contributed by atoms with Crippen LogP contribution in [0.3, 0.4) is 0 Å². The molecule has 1 amide bonds. The van der Waals surface area contributed by atoms with E-state index in [1.165, 1.54) is 18.1 Å². The van der Waals surface area contributed by atoms with E-state index in [9.17, 15) is 9.59 Å². The number of methoxy groups -OCH3 is 2. The van der Waals surface area contributed by atoms with Crippen molar-refractivity contribution in [3.8, 4) is 0 Å². The zero-order valence-electron chi connectivity index (χ0n) is 17.0. The highest BCUT2D eigenvalue weighted by Crippen LogP contribution is 2.36. The fraction of sp³-hybridized carbons (Fsp3) is 0.526. The first-order valence-electron chi connectivity index (χ1n) is 9.06. The first-order valence-corrected chi connectivity index (χ1v) is 9.06. The lowest BCUT2D eigenvalue weighted by molar-refractivity contribution is -0.107. The van der Waals surface area contributed by atoms with Gasteiger partial charge in [-0.15, -0.1) is 0 Å². The van der Waals surface area contributed by atoms with Gasteiger partial charge in [0.25, 0.3) is 0 Å². The monoisotopic (exact) mass is 411 g/mol. The predicted octanol–water partition coefficient (Wildman–Crippen LogP) is 1.88. The lowest BCUT2D eigenvalue weighted by atomic mass is 10.1. The van der Waals surface area contributed by atoms with E-state index in [-0.39, 0.29) is 47.3 Å². The third kappa shape index (κ3) is 5.08. The number of hydrogen-bond acceptors (Lipinski definition) is 8. The van der Waals surface area contributed by atoms with Crippen LogP contribution in [0.4, 0.5) is 15.9 Å². The Morgan fingerprint density at radius 2 is 2.10 bits per heavy atom. The van der Waals surface area contributed by atoms with E-state index in [4.69, 9.17) is 14.0 Å².